The largest absolute Gasteiger partial charge is 0.480 e. The summed E-state index contributed by atoms with van der Waals surface area (Å²) < 4.78 is 0. The monoisotopic (exact) mass is 272 g/mol. The Bertz CT molecular complexity index is 314. The molecule has 112 valence electrons. The molecule has 3 N–H and O–H groups in total. The molecule has 1 amide bonds. The average Bonchev–Trinajstić information content (AvgIpc) is 2.10. The highest BCUT2D eigenvalue weighted by molar-refractivity contribution is 5.77. The van der Waals surface area contributed by atoms with Crippen LogP contribution in [0.25, 0.3) is 0 Å². The Balaban J connectivity index is 4.14. The van der Waals surface area contributed by atoms with Gasteiger partial charge in [-0.3, -0.25) is 14.9 Å². The zero-order valence-corrected chi connectivity index (χ0v) is 13.0. The lowest BCUT2D eigenvalue weighted by Crippen LogP contribution is -2.49. The van der Waals surface area contributed by atoms with Crippen LogP contribution in [0.1, 0.15) is 54.4 Å². The van der Waals surface area contributed by atoms with Crippen LogP contribution < -0.4 is 10.6 Å². The molecule has 1 atom stereocenters. The molecule has 0 spiro atoms. The molecule has 0 aromatic heterocycles. The van der Waals surface area contributed by atoms with E-state index in [1.54, 1.807) is 0 Å². The number of rotatable bonds is 6. The molecular formula is C14H28N2O3. The first-order valence-corrected chi connectivity index (χ1v) is 6.68. The van der Waals surface area contributed by atoms with Crippen LogP contribution in [0.4, 0.5) is 0 Å². The van der Waals surface area contributed by atoms with Gasteiger partial charge in [-0.15, -0.1) is 0 Å². The highest BCUT2D eigenvalue weighted by Crippen LogP contribution is 2.17. The first-order valence-electron chi connectivity index (χ1n) is 6.68. The summed E-state index contributed by atoms with van der Waals surface area (Å²) in [6, 6.07) is -0.644. The van der Waals surface area contributed by atoms with Crippen molar-refractivity contribution in [2.45, 2.75) is 66.0 Å². The number of nitrogens with one attached hydrogen (secondary N) is 2. The van der Waals surface area contributed by atoms with Gasteiger partial charge in [0.2, 0.25) is 5.91 Å². The predicted octanol–water partition coefficient (Wildman–Crippen LogP) is 1.77. The normalized spacial score (nSPS) is 14.0. The average molecular weight is 272 g/mol. The molecule has 0 aliphatic heterocycles. The minimum atomic E-state index is -0.889. The van der Waals surface area contributed by atoms with Crippen LogP contribution in [-0.2, 0) is 9.59 Å². The van der Waals surface area contributed by atoms with Crippen LogP contribution in [-0.4, -0.2) is 35.1 Å². The SMILES string of the molecule is CC(C)(C)CC(=O)NCC[C@@H](NC(C)(C)C)C(=O)O. The standard InChI is InChI=1S/C14H28N2O3/c1-13(2,3)9-11(17)15-8-7-10(12(18)19)16-14(4,5)6/h10,16H,7-9H2,1-6H3,(H,15,17)(H,18,19)/t10-/m1/s1. The van der Waals surface area contributed by atoms with E-state index < -0.39 is 12.0 Å². The number of carbonyl (C=O) groups excluding carboxylic acids is 1. The van der Waals surface area contributed by atoms with E-state index in [0.717, 1.165) is 0 Å². The fourth-order valence-corrected chi connectivity index (χ4v) is 1.68. The molecule has 0 unspecified atom stereocenters. The molecule has 0 rings (SSSR count). The van der Waals surface area contributed by atoms with E-state index in [4.69, 9.17) is 5.11 Å². The maximum absolute atomic E-state index is 11.6. The zero-order chi connectivity index (χ0) is 15.3. The molecule has 5 heteroatoms. The van der Waals surface area contributed by atoms with E-state index in [1.807, 2.05) is 41.5 Å². The lowest BCUT2D eigenvalue weighted by molar-refractivity contribution is -0.140. The Morgan fingerprint density at radius 2 is 1.63 bits per heavy atom. The van der Waals surface area contributed by atoms with Crippen molar-refractivity contribution in [3.05, 3.63) is 0 Å². The molecule has 0 aliphatic carbocycles. The van der Waals surface area contributed by atoms with E-state index in [2.05, 4.69) is 10.6 Å². The predicted molar refractivity (Wildman–Crippen MR) is 76.0 cm³/mol. The Kier molecular flexibility index (Phi) is 6.49. The van der Waals surface area contributed by atoms with Crippen molar-refractivity contribution in [1.29, 1.82) is 0 Å². The number of carbonyl (C=O) groups is 2. The van der Waals surface area contributed by atoms with Gasteiger partial charge in [0.1, 0.15) is 6.04 Å². The van der Waals surface area contributed by atoms with Crippen molar-refractivity contribution in [2.75, 3.05) is 6.54 Å². The Morgan fingerprint density at radius 3 is 2.00 bits per heavy atom. The second kappa shape index (κ2) is 6.89. The van der Waals surface area contributed by atoms with E-state index in [1.165, 1.54) is 0 Å². The molecule has 0 fully saturated rings. The third-order valence-corrected chi connectivity index (χ3v) is 2.35. The second-order valence-electron chi connectivity index (χ2n) is 7.16. The van der Waals surface area contributed by atoms with Crippen molar-refractivity contribution in [1.82, 2.24) is 10.6 Å². The van der Waals surface area contributed by atoms with Gasteiger partial charge in [0.15, 0.2) is 0 Å². The van der Waals surface area contributed by atoms with E-state index in [-0.39, 0.29) is 16.9 Å². The minimum Gasteiger partial charge on any atom is -0.480 e. The molecule has 0 aromatic carbocycles. The first-order chi connectivity index (χ1) is 8.41. The maximum Gasteiger partial charge on any atom is 0.320 e. The Labute approximate surface area is 116 Å². The van der Waals surface area contributed by atoms with Gasteiger partial charge in [-0.2, -0.15) is 0 Å². The van der Waals surface area contributed by atoms with E-state index in [9.17, 15) is 9.59 Å². The van der Waals surface area contributed by atoms with Gasteiger partial charge in [-0.1, -0.05) is 20.8 Å². The molecular weight excluding hydrogens is 244 g/mol. The molecule has 19 heavy (non-hydrogen) atoms. The summed E-state index contributed by atoms with van der Waals surface area (Å²) >= 11 is 0. The number of hydrogen-bond acceptors (Lipinski definition) is 3. The first kappa shape index (κ1) is 17.9. The highest BCUT2D eigenvalue weighted by atomic mass is 16.4. The molecule has 0 saturated heterocycles. The summed E-state index contributed by atoms with van der Waals surface area (Å²) in [4.78, 5) is 22.7. The van der Waals surface area contributed by atoms with Crippen LogP contribution in [0, 0.1) is 5.41 Å². The number of amides is 1. The Morgan fingerprint density at radius 1 is 1.11 bits per heavy atom. The third-order valence-electron chi connectivity index (χ3n) is 2.35. The second-order valence-corrected chi connectivity index (χ2v) is 7.16. The quantitative estimate of drug-likeness (QED) is 0.688. The topological polar surface area (TPSA) is 78.4 Å². The lowest BCUT2D eigenvalue weighted by atomic mass is 9.92. The van der Waals surface area contributed by atoms with Crippen molar-refractivity contribution >= 4 is 11.9 Å². The number of carboxylic acid groups (broad SMARTS) is 1. The molecule has 5 nitrogen and oxygen atoms in total. The van der Waals surface area contributed by atoms with Gasteiger partial charge in [-0.25, -0.2) is 0 Å². The molecule has 0 bridgehead atoms. The van der Waals surface area contributed by atoms with Crippen LogP contribution in [0.5, 0.6) is 0 Å². The fourth-order valence-electron chi connectivity index (χ4n) is 1.68. The van der Waals surface area contributed by atoms with Crippen LogP contribution in [0.3, 0.4) is 0 Å². The van der Waals surface area contributed by atoms with Gasteiger partial charge in [0, 0.05) is 18.5 Å². The van der Waals surface area contributed by atoms with Gasteiger partial charge in [0.25, 0.3) is 0 Å². The smallest absolute Gasteiger partial charge is 0.320 e. The van der Waals surface area contributed by atoms with Gasteiger partial charge in [-0.05, 0) is 32.6 Å². The third kappa shape index (κ3) is 10.5. The number of hydrogen-bond donors (Lipinski definition) is 3. The Hall–Kier alpha value is -1.10. The van der Waals surface area contributed by atoms with Crippen molar-refractivity contribution in [3.63, 3.8) is 0 Å². The van der Waals surface area contributed by atoms with Gasteiger partial charge >= 0.3 is 5.97 Å². The maximum atomic E-state index is 11.6. The van der Waals surface area contributed by atoms with Crippen LogP contribution in [0.2, 0.25) is 0 Å². The zero-order valence-electron chi connectivity index (χ0n) is 13.0. The number of aliphatic carboxylic acids is 1. The number of carboxylic acids is 1. The van der Waals surface area contributed by atoms with Crippen molar-refractivity contribution < 1.29 is 14.7 Å². The lowest BCUT2D eigenvalue weighted by Gasteiger charge is -2.26. The summed E-state index contributed by atoms with van der Waals surface area (Å²) in [5.41, 5.74) is -0.321. The summed E-state index contributed by atoms with van der Waals surface area (Å²) in [6.07, 6.45) is 0.819. The summed E-state index contributed by atoms with van der Waals surface area (Å²) in [5, 5.41) is 14.9. The van der Waals surface area contributed by atoms with E-state index >= 15 is 0 Å². The van der Waals surface area contributed by atoms with Crippen LogP contribution in [0.15, 0.2) is 0 Å². The van der Waals surface area contributed by atoms with Crippen LogP contribution >= 0.6 is 0 Å². The molecule has 0 heterocycles. The highest BCUT2D eigenvalue weighted by Gasteiger charge is 2.23. The minimum absolute atomic E-state index is 0.0348. The molecule has 0 aliphatic rings. The summed E-state index contributed by atoms with van der Waals surface area (Å²) in [6.45, 7) is 12.1. The molecule has 0 aromatic rings. The molecule has 0 radical (unpaired) electrons. The summed E-state index contributed by atoms with van der Waals surface area (Å²) in [7, 11) is 0. The van der Waals surface area contributed by atoms with Gasteiger partial charge in [0.05, 0.1) is 0 Å². The summed E-state index contributed by atoms with van der Waals surface area (Å²) in [5.74, 6) is -0.924. The van der Waals surface area contributed by atoms with E-state index in [0.29, 0.717) is 19.4 Å². The van der Waals surface area contributed by atoms with Crippen molar-refractivity contribution in [3.8, 4) is 0 Å². The van der Waals surface area contributed by atoms with Crippen molar-refractivity contribution in [2.24, 2.45) is 5.41 Å². The van der Waals surface area contributed by atoms with Gasteiger partial charge < -0.3 is 10.4 Å². The fraction of sp³-hybridized carbons (Fsp3) is 0.857. The molecule has 0 saturated carbocycles.